The molecule has 5 atom stereocenters. The smallest absolute Gasteiger partial charge is 0.291 e. The van der Waals surface area contributed by atoms with Crippen molar-refractivity contribution in [2.75, 3.05) is 16.8 Å². The molecule has 1 spiro atoms. The van der Waals surface area contributed by atoms with E-state index in [9.17, 15) is 24.5 Å². The van der Waals surface area contributed by atoms with Crippen LogP contribution >= 0.6 is 0 Å². The highest BCUT2D eigenvalue weighted by Crippen LogP contribution is 2.53. The number of nitrogens with zero attached hydrogens (tertiary/aromatic N) is 2. The van der Waals surface area contributed by atoms with E-state index in [1.54, 1.807) is 13.0 Å². The fraction of sp³-hybridized carbons (Fsp3) is 0.400. The molecule has 1 unspecified atom stereocenters. The minimum absolute atomic E-state index is 0.145. The van der Waals surface area contributed by atoms with Crippen molar-refractivity contribution in [1.29, 1.82) is 0 Å². The number of rotatable bonds is 2. The lowest BCUT2D eigenvalue weighted by atomic mass is 9.75. The number of hydrogen-bond donors (Lipinski definition) is 2. The van der Waals surface area contributed by atoms with Crippen LogP contribution in [0.25, 0.3) is 0 Å². The molecule has 3 amide bonds. The molecule has 2 aromatic rings. The summed E-state index contributed by atoms with van der Waals surface area (Å²) in [5, 5.41) is 14.6. The van der Waals surface area contributed by atoms with Gasteiger partial charge < -0.3 is 10.2 Å². The van der Waals surface area contributed by atoms with Gasteiger partial charge in [0, 0.05) is 24.5 Å². The number of aryl methyl sites for hydroxylation is 2. The first-order valence-electron chi connectivity index (χ1n) is 11.6. The topological polar surface area (TPSA) is 114 Å². The second-order valence-electron chi connectivity index (χ2n) is 9.98. The summed E-state index contributed by atoms with van der Waals surface area (Å²) in [5.41, 5.74) is 2.63. The Kier molecular flexibility index (Phi) is 4.15. The molecule has 3 fully saturated rings. The van der Waals surface area contributed by atoms with E-state index in [2.05, 4.69) is 5.32 Å². The number of benzene rings is 2. The summed E-state index contributed by atoms with van der Waals surface area (Å²) < 4.78 is 0. The molecule has 0 aliphatic carbocycles. The summed E-state index contributed by atoms with van der Waals surface area (Å²) in [7, 11) is 0. The van der Waals surface area contributed by atoms with E-state index >= 15 is 0 Å². The average Bonchev–Trinajstić information content (AvgIpc) is 3.48. The van der Waals surface area contributed by atoms with Gasteiger partial charge in [-0.05, 0) is 38.5 Å². The first-order valence-corrected chi connectivity index (χ1v) is 11.6. The molecule has 0 aromatic heterocycles. The zero-order valence-electron chi connectivity index (χ0n) is 19.2. The zero-order valence-corrected chi connectivity index (χ0v) is 19.2. The van der Waals surface area contributed by atoms with Crippen LogP contribution in [0.2, 0.25) is 0 Å². The summed E-state index contributed by atoms with van der Waals surface area (Å²) >= 11 is 0. The molecule has 0 bridgehead atoms. The lowest BCUT2D eigenvalue weighted by Crippen LogP contribution is -3.19. The monoisotopic (exact) mass is 461 g/mol. The summed E-state index contributed by atoms with van der Waals surface area (Å²) in [6, 6.07) is 8.25. The van der Waals surface area contributed by atoms with E-state index in [0.29, 0.717) is 6.54 Å². The normalized spacial score (nSPS) is 31.1. The van der Waals surface area contributed by atoms with Crippen LogP contribution < -0.4 is 15.1 Å². The van der Waals surface area contributed by atoms with Gasteiger partial charge in [0.2, 0.25) is 17.4 Å². The molecule has 2 N–H and O–H groups in total. The van der Waals surface area contributed by atoms with Crippen LogP contribution in [0.3, 0.4) is 0 Å². The standard InChI is InChI=1S/C25H24N4O5/c1-12-10-13(2)21-15(11-12)25(24(32)26-21)20-19(18-8-5-9-27(18)25)22(30)28(23(20)31)16-6-4-7-17(14(16)3)29(33)34/h4,6-7,10-11,18-20H,5,8-9H2,1-3H3,(H,26,32)/p+1/t18-,19+,20-,25-/m0/s1. The van der Waals surface area contributed by atoms with Gasteiger partial charge in [-0.25, -0.2) is 4.90 Å². The third kappa shape index (κ3) is 2.30. The molecule has 4 aliphatic rings. The first-order chi connectivity index (χ1) is 16.2. The van der Waals surface area contributed by atoms with Crippen LogP contribution in [0.4, 0.5) is 17.1 Å². The Bertz CT molecular complexity index is 1340. The number of hydrogen-bond acceptors (Lipinski definition) is 5. The van der Waals surface area contributed by atoms with Gasteiger partial charge >= 0.3 is 0 Å². The maximum Gasteiger partial charge on any atom is 0.291 e. The Hall–Kier alpha value is -3.59. The molecular weight excluding hydrogens is 436 g/mol. The number of carbonyl (C=O) groups excluding carboxylic acids is 3. The van der Waals surface area contributed by atoms with E-state index < -0.39 is 28.2 Å². The maximum atomic E-state index is 14.1. The van der Waals surface area contributed by atoms with E-state index in [-0.39, 0.29) is 34.8 Å². The van der Waals surface area contributed by atoms with Gasteiger partial charge in [0.05, 0.1) is 28.4 Å². The number of anilines is 2. The predicted octanol–water partition coefficient (Wildman–Crippen LogP) is 1.53. The summed E-state index contributed by atoms with van der Waals surface area (Å²) in [6.07, 6.45) is 1.63. The van der Waals surface area contributed by atoms with Gasteiger partial charge in [0.15, 0.2) is 0 Å². The molecule has 9 nitrogen and oxygen atoms in total. The van der Waals surface area contributed by atoms with Gasteiger partial charge in [-0.3, -0.25) is 24.5 Å². The van der Waals surface area contributed by atoms with Crippen LogP contribution in [0.1, 0.15) is 35.1 Å². The quantitative estimate of drug-likeness (QED) is 0.400. The number of fused-ring (bicyclic) bond motifs is 7. The van der Waals surface area contributed by atoms with Crippen LogP contribution in [-0.2, 0) is 19.9 Å². The van der Waals surface area contributed by atoms with Crippen LogP contribution in [0.15, 0.2) is 30.3 Å². The maximum absolute atomic E-state index is 14.1. The van der Waals surface area contributed by atoms with E-state index in [0.717, 1.165) is 45.0 Å². The molecule has 0 radical (unpaired) electrons. The highest BCUT2D eigenvalue weighted by atomic mass is 16.6. The Labute approximate surface area is 195 Å². The number of nitro benzene ring substituents is 1. The van der Waals surface area contributed by atoms with Gasteiger partial charge in [-0.15, -0.1) is 0 Å². The van der Waals surface area contributed by atoms with Crippen molar-refractivity contribution in [3.63, 3.8) is 0 Å². The zero-order chi connectivity index (χ0) is 24.1. The SMILES string of the molecule is Cc1cc(C)c2c(c1)[C@@]1(C(=O)N2)[C@@H]2C(=O)N(c3cccc([N+](=O)[O-])c3C)C(=O)[C@@H]2[C@@H]2CCC[NH+]21. The second kappa shape index (κ2) is 6.73. The summed E-state index contributed by atoms with van der Waals surface area (Å²) in [5.74, 6) is -2.51. The third-order valence-corrected chi connectivity index (χ3v) is 8.38. The fourth-order valence-electron chi connectivity index (χ4n) is 7.21. The number of nitro groups is 1. The molecule has 0 saturated carbocycles. The lowest BCUT2D eigenvalue weighted by Gasteiger charge is -2.33. The van der Waals surface area contributed by atoms with E-state index in [1.807, 2.05) is 26.0 Å². The Morgan fingerprint density at radius 2 is 1.91 bits per heavy atom. The second-order valence-corrected chi connectivity index (χ2v) is 9.98. The number of imide groups is 1. The molecule has 174 valence electrons. The van der Waals surface area contributed by atoms with Crippen molar-refractivity contribution in [3.8, 4) is 0 Å². The average molecular weight is 461 g/mol. The molecule has 4 aliphatic heterocycles. The molecule has 3 saturated heterocycles. The Balaban J connectivity index is 1.57. The highest BCUT2D eigenvalue weighted by molar-refractivity contribution is 6.25. The van der Waals surface area contributed by atoms with E-state index in [4.69, 9.17) is 0 Å². The molecule has 6 rings (SSSR count). The van der Waals surface area contributed by atoms with Crippen molar-refractivity contribution in [2.45, 2.75) is 45.2 Å². The van der Waals surface area contributed by atoms with Crippen molar-refractivity contribution < 1.29 is 24.2 Å². The molecule has 4 heterocycles. The molecule has 9 heteroatoms. The number of carbonyl (C=O) groups is 3. The molecule has 2 aromatic carbocycles. The molecule has 34 heavy (non-hydrogen) atoms. The lowest BCUT2D eigenvalue weighted by molar-refractivity contribution is -0.948. The van der Waals surface area contributed by atoms with Gasteiger partial charge in [-0.1, -0.05) is 17.7 Å². The van der Waals surface area contributed by atoms with Gasteiger partial charge in [-0.2, -0.15) is 0 Å². The van der Waals surface area contributed by atoms with Gasteiger partial charge in [0.25, 0.3) is 11.6 Å². The van der Waals surface area contributed by atoms with Crippen molar-refractivity contribution in [3.05, 3.63) is 62.7 Å². The first kappa shape index (κ1) is 21.0. The minimum Gasteiger partial charge on any atom is -0.320 e. The largest absolute Gasteiger partial charge is 0.320 e. The van der Waals surface area contributed by atoms with Crippen molar-refractivity contribution in [2.24, 2.45) is 11.8 Å². The third-order valence-electron chi connectivity index (χ3n) is 8.38. The van der Waals surface area contributed by atoms with Crippen molar-refractivity contribution >= 4 is 34.8 Å². The summed E-state index contributed by atoms with van der Waals surface area (Å²) in [6.45, 7) is 6.17. The number of quaternary nitrogens is 1. The van der Waals surface area contributed by atoms with Crippen LogP contribution in [0, 0.1) is 42.7 Å². The number of amides is 3. The highest BCUT2D eigenvalue weighted by Gasteiger charge is 2.78. The number of nitrogens with one attached hydrogen (secondary N) is 2. The predicted molar refractivity (Wildman–Crippen MR) is 122 cm³/mol. The van der Waals surface area contributed by atoms with Crippen LogP contribution in [0.5, 0.6) is 0 Å². The Morgan fingerprint density at radius 3 is 2.65 bits per heavy atom. The Morgan fingerprint density at radius 1 is 1.15 bits per heavy atom. The van der Waals surface area contributed by atoms with Crippen LogP contribution in [-0.4, -0.2) is 35.2 Å². The summed E-state index contributed by atoms with van der Waals surface area (Å²) in [4.78, 5) is 54.9. The molecular formula is C25H25N4O5+. The fourth-order valence-corrected chi connectivity index (χ4v) is 7.21. The van der Waals surface area contributed by atoms with Gasteiger partial charge in [0.1, 0.15) is 17.9 Å². The van der Waals surface area contributed by atoms with Crippen molar-refractivity contribution in [1.82, 2.24) is 0 Å². The minimum atomic E-state index is -1.17. The van der Waals surface area contributed by atoms with E-state index in [1.165, 1.54) is 12.1 Å².